The van der Waals surface area contributed by atoms with Crippen LogP contribution in [-0.4, -0.2) is 37.8 Å². The molecule has 1 atom stereocenters. The maximum Gasteiger partial charge on any atom is 0.346 e. The summed E-state index contributed by atoms with van der Waals surface area (Å²) in [6.07, 6.45) is 1.83. The first-order chi connectivity index (χ1) is 16.0. The molecule has 0 radical (unpaired) electrons. The number of aromatic carboxylic acids is 1. The Hall–Kier alpha value is -3.78. The zero-order chi connectivity index (χ0) is 23.5. The van der Waals surface area contributed by atoms with Crippen LogP contribution in [0.1, 0.15) is 32.5 Å². The van der Waals surface area contributed by atoms with Gasteiger partial charge in [-0.25, -0.2) is 4.79 Å². The minimum absolute atomic E-state index is 0.175. The number of methoxy groups -OCH3 is 2. The van der Waals surface area contributed by atoms with Gasteiger partial charge in [0.25, 0.3) is 0 Å². The Balaban J connectivity index is 1.85. The Kier molecular flexibility index (Phi) is 6.37. The third-order valence-corrected chi connectivity index (χ3v) is 6.72. The lowest BCUT2D eigenvalue weighted by Crippen LogP contribution is -2.22. The van der Waals surface area contributed by atoms with Crippen molar-refractivity contribution in [2.24, 2.45) is 0 Å². The highest BCUT2D eigenvalue weighted by Crippen LogP contribution is 2.50. The quantitative estimate of drug-likeness (QED) is 0.446. The van der Waals surface area contributed by atoms with Crippen molar-refractivity contribution in [1.82, 2.24) is 0 Å². The fraction of sp³-hybridized carbons (Fsp3) is 0.200. The first-order valence-electron chi connectivity index (χ1n) is 10.2. The van der Waals surface area contributed by atoms with Gasteiger partial charge in [-0.2, -0.15) is 0 Å². The van der Waals surface area contributed by atoms with Gasteiger partial charge >= 0.3 is 5.97 Å². The molecule has 1 unspecified atom stereocenters. The van der Waals surface area contributed by atoms with Gasteiger partial charge < -0.3 is 24.6 Å². The summed E-state index contributed by atoms with van der Waals surface area (Å²) in [4.78, 5) is 25.8. The van der Waals surface area contributed by atoms with Gasteiger partial charge in [0.15, 0.2) is 11.5 Å². The molecular weight excluding hydrogens is 442 g/mol. The fourth-order valence-corrected chi connectivity index (χ4v) is 5.16. The number of benzene rings is 2. The number of rotatable bonds is 8. The van der Waals surface area contributed by atoms with Gasteiger partial charge in [0.05, 0.1) is 19.9 Å². The average molecular weight is 466 g/mol. The number of hydrogen-bond acceptors (Lipinski definition) is 6. The Labute approximate surface area is 195 Å². The molecule has 0 aliphatic carbocycles. The molecule has 0 fully saturated rings. The number of carbonyl (C=O) groups excluding carboxylic acids is 1. The lowest BCUT2D eigenvalue weighted by atomic mass is 9.88. The molecule has 170 valence electrons. The number of thiophene rings is 1. The summed E-state index contributed by atoms with van der Waals surface area (Å²) in [5.74, 6) is 0.220. The number of carboxylic acid groups (broad SMARTS) is 1. The molecule has 33 heavy (non-hydrogen) atoms. The van der Waals surface area contributed by atoms with Crippen LogP contribution >= 0.6 is 11.3 Å². The van der Waals surface area contributed by atoms with Crippen molar-refractivity contribution in [3.63, 3.8) is 0 Å². The summed E-state index contributed by atoms with van der Waals surface area (Å²) in [5, 5.41) is 12.8. The molecule has 0 bridgehead atoms. The minimum Gasteiger partial charge on any atom is -0.497 e. The van der Waals surface area contributed by atoms with Crippen LogP contribution in [0.25, 0.3) is 11.1 Å². The number of amides is 1. The maximum atomic E-state index is 12.7. The second kappa shape index (κ2) is 9.38. The van der Waals surface area contributed by atoms with Gasteiger partial charge in [0, 0.05) is 22.8 Å². The van der Waals surface area contributed by atoms with E-state index in [2.05, 4.69) is 11.9 Å². The Morgan fingerprint density at radius 2 is 1.94 bits per heavy atom. The molecule has 3 aromatic rings. The summed E-state index contributed by atoms with van der Waals surface area (Å²) in [6, 6.07) is 12.6. The van der Waals surface area contributed by atoms with E-state index in [0.29, 0.717) is 40.7 Å². The summed E-state index contributed by atoms with van der Waals surface area (Å²) in [7, 11) is 3.12. The van der Waals surface area contributed by atoms with Crippen molar-refractivity contribution in [3.05, 3.63) is 70.4 Å². The van der Waals surface area contributed by atoms with Crippen LogP contribution in [0.5, 0.6) is 17.2 Å². The normalized spacial score (nSPS) is 14.7. The Morgan fingerprint density at radius 1 is 1.18 bits per heavy atom. The number of nitrogens with one attached hydrogen (secondary N) is 1. The molecule has 2 N–H and O–H groups in total. The summed E-state index contributed by atoms with van der Waals surface area (Å²) in [6.45, 7) is 3.98. The van der Waals surface area contributed by atoms with Gasteiger partial charge in [-0.1, -0.05) is 30.9 Å². The maximum absolute atomic E-state index is 12.7. The first-order valence-corrected chi connectivity index (χ1v) is 11.0. The summed E-state index contributed by atoms with van der Waals surface area (Å²) < 4.78 is 16.3. The molecule has 1 aliphatic rings. The lowest BCUT2D eigenvalue weighted by Gasteiger charge is -2.24. The molecule has 1 amide bonds. The van der Waals surface area contributed by atoms with Crippen LogP contribution in [0.15, 0.2) is 55.1 Å². The molecule has 0 saturated carbocycles. The van der Waals surface area contributed by atoms with E-state index in [1.54, 1.807) is 50.6 Å². The molecule has 0 saturated heterocycles. The molecule has 1 aromatic heterocycles. The predicted molar refractivity (Wildman–Crippen MR) is 127 cm³/mol. The van der Waals surface area contributed by atoms with E-state index >= 15 is 0 Å². The predicted octanol–water partition coefficient (Wildman–Crippen LogP) is 5.17. The number of carboxylic acids is 1. The van der Waals surface area contributed by atoms with Crippen molar-refractivity contribution in [3.8, 4) is 28.4 Å². The zero-order valence-corrected chi connectivity index (χ0v) is 19.0. The topological polar surface area (TPSA) is 94.1 Å². The van der Waals surface area contributed by atoms with Crippen LogP contribution in [0, 0.1) is 0 Å². The molecule has 2 aromatic carbocycles. The molecule has 2 heterocycles. The van der Waals surface area contributed by atoms with E-state index < -0.39 is 5.97 Å². The third kappa shape index (κ3) is 4.29. The van der Waals surface area contributed by atoms with Crippen LogP contribution in [0.2, 0.25) is 0 Å². The van der Waals surface area contributed by atoms with Crippen LogP contribution < -0.4 is 19.5 Å². The van der Waals surface area contributed by atoms with Crippen molar-refractivity contribution in [2.45, 2.75) is 12.3 Å². The molecule has 8 heteroatoms. The third-order valence-electron chi connectivity index (χ3n) is 5.43. The number of carbonyl (C=O) groups is 2. The fourth-order valence-electron chi connectivity index (χ4n) is 3.91. The SMILES string of the molecule is C=CCOc1cc(C2CC(=O)Nc3c2sc(C(=O)O)c3-c2ccc(OC)cc2)ccc1OC. The zero-order valence-electron chi connectivity index (χ0n) is 18.2. The van der Waals surface area contributed by atoms with E-state index in [0.717, 1.165) is 10.4 Å². The first kappa shape index (κ1) is 22.4. The molecular formula is C25H23NO6S. The van der Waals surface area contributed by atoms with Gasteiger partial charge in [-0.3, -0.25) is 4.79 Å². The average Bonchev–Trinajstić information content (AvgIpc) is 3.21. The highest BCUT2D eigenvalue weighted by atomic mass is 32.1. The second-order valence-corrected chi connectivity index (χ2v) is 8.45. The smallest absolute Gasteiger partial charge is 0.346 e. The van der Waals surface area contributed by atoms with Gasteiger partial charge in [0.1, 0.15) is 17.2 Å². The standard InChI is InChI=1S/C25H23NO6S/c1-4-11-32-19-12-15(7-10-18(19)31-3)17-13-20(27)26-22-21(24(25(28)29)33-23(17)22)14-5-8-16(30-2)9-6-14/h4-10,12,17H,1,11,13H2,2-3H3,(H,26,27)(H,28,29). The van der Waals surface area contributed by atoms with Crippen molar-refractivity contribution in [1.29, 1.82) is 0 Å². The monoisotopic (exact) mass is 465 g/mol. The van der Waals surface area contributed by atoms with Crippen LogP contribution in [0.3, 0.4) is 0 Å². The number of ether oxygens (including phenoxy) is 3. The number of hydrogen-bond donors (Lipinski definition) is 2. The second-order valence-electron chi connectivity index (χ2n) is 7.39. The highest BCUT2D eigenvalue weighted by Gasteiger charge is 2.34. The van der Waals surface area contributed by atoms with Gasteiger partial charge in [0.2, 0.25) is 5.91 Å². The molecule has 0 spiro atoms. The Bertz CT molecular complexity index is 1210. The largest absolute Gasteiger partial charge is 0.497 e. The van der Waals surface area contributed by atoms with E-state index in [4.69, 9.17) is 14.2 Å². The number of fused-ring (bicyclic) bond motifs is 1. The van der Waals surface area contributed by atoms with Crippen LogP contribution in [-0.2, 0) is 4.79 Å². The molecule has 1 aliphatic heterocycles. The highest BCUT2D eigenvalue weighted by molar-refractivity contribution is 7.15. The van der Waals surface area contributed by atoms with Gasteiger partial charge in [-0.15, -0.1) is 11.3 Å². The van der Waals surface area contributed by atoms with Crippen molar-refractivity contribution in [2.75, 3.05) is 26.1 Å². The van der Waals surface area contributed by atoms with Crippen LogP contribution in [0.4, 0.5) is 5.69 Å². The van der Waals surface area contributed by atoms with E-state index in [1.165, 1.54) is 11.3 Å². The summed E-state index contributed by atoms with van der Waals surface area (Å²) in [5.41, 5.74) is 2.56. The molecule has 4 rings (SSSR count). The van der Waals surface area contributed by atoms with Gasteiger partial charge in [-0.05, 0) is 35.4 Å². The lowest BCUT2D eigenvalue weighted by molar-refractivity contribution is -0.116. The summed E-state index contributed by atoms with van der Waals surface area (Å²) >= 11 is 1.18. The van der Waals surface area contributed by atoms with E-state index in [9.17, 15) is 14.7 Å². The minimum atomic E-state index is -1.04. The van der Waals surface area contributed by atoms with Crippen molar-refractivity contribution < 1.29 is 28.9 Å². The number of anilines is 1. The Morgan fingerprint density at radius 3 is 2.58 bits per heavy atom. The van der Waals surface area contributed by atoms with E-state index in [-0.39, 0.29) is 23.1 Å². The van der Waals surface area contributed by atoms with E-state index in [1.807, 2.05) is 12.1 Å². The van der Waals surface area contributed by atoms with Crippen molar-refractivity contribution >= 4 is 28.9 Å². The molecule has 7 nitrogen and oxygen atoms in total.